The van der Waals surface area contributed by atoms with Gasteiger partial charge < -0.3 is 60.0 Å². The second kappa shape index (κ2) is 35.7. The van der Waals surface area contributed by atoms with Gasteiger partial charge in [0.2, 0.25) is 70.9 Å². The molecule has 12 amide bonds. The summed E-state index contributed by atoms with van der Waals surface area (Å²) in [5.41, 5.74) is -2.31. The Morgan fingerprint density at radius 3 is 1.81 bits per heavy atom. The lowest BCUT2D eigenvalue weighted by molar-refractivity contribution is -0.158. The molecule has 0 unspecified atom stereocenters. The summed E-state index contributed by atoms with van der Waals surface area (Å²) in [7, 11) is 10.0. The minimum absolute atomic E-state index is 0.0204. The summed E-state index contributed by atoms with van der Waals surface area (Å²) >= 11 is 6.15. The number of aryl methyl sites for hydroxylation is 1. The van der Waals surface area contributed by atoms with Crippen molar-refractivity contribution < 1.29 is 70.7 Å². The first-order valence-electron chi connectivity index (χ1n) is 36.4. The van der Waals surface area contributed by atoms with Crippen molar-refractivity contribution in [3.05, 3.63) is 34.3 Å². The molecule has 0 aromatic heterocycles. The summed E-state index contributed by atoms with van der Waals surface area (Å²) in [4.78, 5) is 190. The van der Waals surface area contributed by atoms with Gasteiger partial charge in [0.15, 0.2) is 0 Å². The average Bonchev–Trinajstić information content (AvgIpc) is 0.971. The maximum Gasteiger partial charge on any atom is 0.417 e. The zero-order chi connectivity index (χ0) is 73.7. The number of piperidine rings is 1. The van der Waals surface area contributed by atoms with Gasteiger partial charge in [-0.3, -0.25) is 57.5 Å². The summed E-state index contributed by atoms with van der Waals surface area (Å²) in [6, 6.07) is -5.50. The predicted molar refractivity (Wildman–Crippen MR) is 369 cm³/mol. The quantitative estimate of drug-likeness (QED) is 0.229. The largest absolute Gasteiger partial charge is 0.417 e. The number of hydrogen-bond acceptors (Lipinski definition) is 12. The predicted octanol–water partition coefficient (Wildman–Crippen LogP) is 6.03. The molecule has 28 heteroatoms. The molecule has 24 nitrogen and oxygen atoms in total. The van der Waals surface area contributed by atoms with Crippen molar-refractivity contribution >= 4 is 82.5 Å². The van der Waals surface area contributed by atoms with Crippen molar-refractivity contribution in [1.29, 1.82) is 0 Å². The van der Waals surface area contributed by atoms with Crippen molar-refractivity contribution in [2.24, 2.45) is 23.7 Å². The Kier molecular flexibility index (Phi) is 28.7. The van der Waals surface area contributed by atoms with Crippen LogP contribution < -0.4 is 16.0 Å². The molecule has 3 heterocycles. The van der Waals surface area contributed by atoms with E-state index in [2.05, 4.69) is 16.0 Å². The van der Waals surface area contributed by atoms with Gasteiger partial charge in [-0.15, -0.1) is 0 Å². The molecule has 3 N–H and O–H groups in total. The molecule has 3 aliphatic heterocycles. The van der Waals surface area contributed by atoms with Gasteiger partial charge in [0.1, 0.15) is 47.8 Å². The fourth-order valence-electron chi connectivity index (χ4n) is 15.4. The molecule has 0 bridgehead atoms. The molecule has 1 aromatic carbocycles. The zero-order valence-electron chi connectivity index (χ0n) is 60.7. The van der Waals surface area contributed by atoms with Gasteiger partial charge in [-0.2, -0.15) is 13.2 Å². The highest BCUT2D eigenvalue weighted by Crippen LogP contribution is 2.39. The van der Waals surface area contributed by atoms with E-state index in [9.17, 15) is 41.9 Å². The van der Waals surface area contributed by atoms with Crippen molar-refractivity contribution in [3.8, 4) is 0 Å². The summed E-state index contributed by atoms with van der Waals surface area (Å²) < 4.78 is 41.6. The maximum absolute atomic E-state index is 15.7. The highest BCUT2D eigenvalue weighted by Gasteiger charge is 2.53. The molecule has 3 saturated carbocycles. The Morgan fingerprint density at radius 2 is 1.22 bits per heavy atom. The second-order valence-electron chi connectivity index (χ2n) is 29.8. The SMILES string of the molecule is CC[C@H](C)[C@@H]1NC(=O)[C@H](CC(C)C)N(C)C(=O)C[C@@H](C(=O)N2CCCCC2)N(C)C(=O)[C@H](C2CCCCC2)N(C)C(=O)C2(CCC2)NC(=O)[C@@H]2CCCN2C(=O)[C@H](CCc2ccc(C(F)(F)F)c(Cl)c2)NC(=O)CN(C)C(=O)[C@H](CC2CCCCC2)N(C)C(=O)CN(C)C(=O)CN(C)C1=O. The zero-order valence-corrected chi connectivity index (χ0v) is 61.5. The summed E-state index contributed by atoms with van der Waals surface area (Å²) in [6.07, 6.45) is 6.61. The Hall–Kier alpha value is -7.06. The molecule has 8 atom stereocenters. The van der Waals surface area contributed by atoms with Gasteiger partial charge in [-0.25, -0.2) is 0 Å². The standard InChI is InChI=1S/C72H110ClF3N12O12/c1-12-46(4)61-68(98)82(7)43-59(91)80(5)44-60(92)84(9)55(40-47-24-16-13-17-25-47)66(96)81(6)42-57(89)77-52(32-30-48-29-31-50(51(73)39-48)72(74,75)76)65(95)88-37-22-28-53(88)64(94)79-71(33-23-34-71)70(100)86(11)62(49-26-18-14-19-27-49)69(99)85(10)56(67(97)87-35-20-15-21-36-87)41-58(90)83(8)54(38-45(2)3)63(93)78-61/h29,31,39,45-47,49,52-56,61-62H,12-28,30,32-38,40-44H2,1-11H3,(H,77,89)(H,78,93)(H,79,94)/t46-,52-,53-,54-,55-,56-,61-,62-/m0/s1. The first-order valence-corrected chi connectivity index (χ1v) is 36.7. The third-order valence-corrected chi connectivity index (χ3v) is 22.4. The molecule has 7 rings (SSSR count). The number of carbonyl (C=O) groups excluding carboxylic acids is 12. The molecule has 100 heavy (non-hydrogen) atoms. The van der Waals surface area contributed by atoms with E-state index in [0.717, 1.165) is 84.6 Å². The van der Waals surface area contributed by atoms with Crippen LogP contribution in [0, 0.1) is 23.7 Å². The number of likely N-dealkylation sites (N-methyl/N-ethyl adjacent to an activating group) is 7. The van der Waals surface area contributed by atoms with Gasteiger partial charge in [-0.05, 0) is 131 Å². The number of carbonyl (C=O) groups is 12. The van der Waals surface area contributed by atoms with E-state index in [-0.39, 0.29) is 63.3 Å². The molecule has 1 aromatic rings. The van der Waals surface area contributed by atoms with E-state index in [1.807, 2.05) is 20.8 Å². The molecule has 0 radical (unpaired) electrons. The van der Waals surface area contributed by atoms with E-state index in [1.165, 1.54) is 79.9 Å². The molecule has 6 aliphatic rings. The number of halogens is 4. The van der Waals surface area contributed by atoms with Gasteiger partial charge in [-0.1, -0.05) is 103 Å². The number of nitrogens with one attached hydrogen (secondary N) is 3. The number of hydrogen-bond donors (Lipinski definition) is 3. The highest BCUT2D eigenvalue weighted by atomic mass is 35.5. The minimum Gasteiger partial charge on any atom is -0.343 e. The molecule has 3 saturated heterocycles. The van der Waals surface area contributed by atoms with Crippen LogP contribution in [0.3, 0.4) is 0 Å². The number of amides is 12. The number of nitrogens with zero attached hydrogens (tertiary/aromatic N) is 9. The van der Waals surface area contributed by atoms with Crippen LogP contribution in [0.2, 0.25) is 5.02 Å². The van der Waals surface area contributed by atoms with E-state index in [0.29, 0.717) is 63.6 Å². The van der Waals surface area contributed by atoms with E-state index in [4.69, 9.17) is 11.6 Å². The van der Waals surface area contributed by atoms with E-state index in [1.54, 1.807) is 11.8 Å². The van der Waals surface area contributed by atoms with Crippen LogP contribution in [0.15, 0.2) is 18.2 Å². The van der Waals surface area contributed by atoms with Crippen molar-refractivity contribution in [3.63, 3.8) is 0 Å². The third kappa shape index (κ3) is 20.0. The number of rotatable bonds is 11. The second-order valence-corrected chi connectivity index (χ2v) is 30.2. The van der Waals surface area contributed by atoms with Crippen molar-refractivity contribution in [2.45, 2.75) is 236 Å². The third-order valence-electron chi connectivity index (χ3n) is 22.1. The molecule has 1 spiro atoms. The fraction of sp³-hybridized carbons (Fsp3) is 0.750. The Labute approximate surface area is 593 Å². The lowest BCUT2D eigenvalue weighted by atomic mass is 9.74. The van der Waals surface area contributed by atoms with Crippen LogP contribution in [-0.2, 0) is 70.1 Å². The molecular weight excluding hydrogens is 1320 g/mol. The Bertz CT molecular complexity index is 3120. The summed E-state index contributed by atoms with van der Waals surface area (Å²) in [5.74, 6) is -8.70. The number of benzene rings is 1. The minimum atomic E-state index is -4.76. The number of alkyl halides is 3. The van der Waals surface area contributed by atoms with Gasteiger partial charge in [0, 0.05) is 69.0 Å². The van der Waals surface area contributed by atoms with Crippen LogP contribution in [0.5, 0.6) is 0 Å². The number of likely N-dealkylation sites (tertiary alicyclic amines) is 1. The lowest BCUT2D eigenvalue weighted by Gasteiger charge is -2.47. The topological polar surface area (TPSA) is 270 Å². The summed E-state index contributed by atoms with van der Waals surface area (Å²) in [5, 5.41) is 8.12. The molecule has 3 aliphatic carbocycles. The monoisotopic (exact) mass is 1430 g/mol. The maximum atomic E-state index is 15.7. The highest BCUT2D eigenvalue weighted by molar-refractivity contribution is 6.31. The van der Waals surface area contributed by atoms with Crippen LogP contribution in [0.4, 0.5) is 13.2 Å². The smallest absolute Gasteiger partial charge is 0.343 e. The Morgan fingerprint density at radius 1 is 0.620 bits per heavy atom. The van der Waals surface area contributed by atoms with Gasteiger partial charge >= 0.3 is 6.18 Å². The lowest BCUT2D eigenvalue weighted by Crippen LogP contribution is -2.68. The van der Waals surface area contributed by atoms with Gasteiger partial charge in [0.25, 0.3) is 0 Å². The van der Waals surface area contributed by atoms with E-state index >= 15 is 28.8 Å². The van der Waals surface area contributed by atoms with Gasteiger partial charge in [0.05, 0.1) is 36.6 Å². The molecule has 558 valence electrons. The average molecular weight is 1430 g/mol. The van der Waals surface area contributed by atoms with E-state index < -0.39 is 173 Å². The Balaban J connectivity index is 1.28. The fourth-order valence-corrected chi connectivity index (χ4v) is 15.7. The van der Waals surface area contributed by atoms with Crippen LogP contribution in [0.1, 0.15) is 187 Å². The van der Waals surface area contributed by atoms with Crippen LogP contribution >= 0.6 is 11.6 Å². The first kappa shape index (κ1) is 80.3. The molecular formula is C72H110ClF3N12O12. The number of fused-ring (bicyclic) bond motifs is 1. The van der Waals surface area contributed by atoms with Crippen molar-refractivity contribution in [1.82, 2.24) is 60.0 Å². The summed E-state index contributed by atoms with van der Waals surface area (Å²) in [6.45, 7) is 6.46. The van der Waals surface area contributed by atoms with Crippen molar-refractivity contribution in [2.75, 3.05) is 88.6 Å². The normalized spacial score (nSPS) is 26.8. The van der Waals surface area contributed by atoms with Crippen LogP contribution in [-0.4, -0.2) is 251 Å². The van der Waals surface area contributed by atoms with Crippen LogP contribution in [0.25, 0.3) is 0 Å². The molecule has 6 fully saturated rings. The first-order chi connectivity index (χ1) is 47.2.